The number of hydrogen-bond acceptors (Lipinski definition) is 2. The number of nitrogens with one attached hydrogen (secondary N) is 1. The lowest BCUT2D eigenvalue weighted by Crippen LogP contribution is -2.44. The fraction of sp³-hybridized carbons (Fsp3) is 1.00. The molecule has 0 amide bonds. The van der Waals surface area contributed by atoms with E-state index in [9.17, 15) is 0 Å². The van der Waals surface area contributed by atoms with Crippen molar-refractivity contribution in [2.75, 3.05) is 19.6 Å². The lowest BCUT2D eigenvalue weighted by Gasteiger charge is -2.29. The standard InChI is InChI=1S/C17H34N2/c1-2-3-4-5-6-7-8-14-19-15-10-12-17(19)16-11-9-13-18-16/h16-18H,2-15H2,1H3. The predicted molar refractivity (Wildman–Crippen MR) is 83.6 cm³/mol. The van der Waals surface area contributed by atoms with Crippen molar-refractivity contribution in [3.05, 3.63) is 0 Å². The van der Waals surface area contributed by atoms with Crippen LogP contribution in [0.1, 0.15) is 77.6 Å². The van der Waals surface area contributed by atoms with Gasteiger partial charge in [0, 0.05) is 12.1 Å². The van der Waals surface area contributed by atoms with Crippen LogP contribution in [0.5, 0.6) is 0 Å². The van der Waals surface area contributed by atoms with Crippen molar-refractivity contribution in [1.29, 1.82) is 0 Å². The van der Waals surface area contributed by atoms with Gasteiger partial charge in [0.1, 0.15) is 0 Å². The fourth-order valence-electron chi connectivity index (χ4n) is 3.90. The molecule has 2 unspecified atom stereocenters. The zero-order valence-corrected chi connectivity index (χ0v) is 13.0. The summed E-state index contributed by atoms with van der Waals surface area (Å²) in [7, 11) is 0. The minimum absolute atomic E-state index is 0.812. The topological polar surface area (TPSA) is 15.3 Å². The number of unbranched alkanes of at least 4 members (excludes halogenated alkanes) is 6. The van der Waals surface area contributed by atoms with Crippen LogP contribution in [0, 0.1) is 0 Å². The van der Waals surface area contributed by atoms with Crippen LogP contribution in [0.25, 0.3) is 0 Å². The lowest BCUT2D eigenvalue weighted by molar-refractivity contribution is 0.210. The summed E-state index contributed by atoms with van der Waals surface area (Å²) >= 11 is 0. The number of nitrogens with zero attached hydrogens (tertiary/aromatic N) is 1. The van der Waals surface area contributed by atoms with Gasteiger partial charge in [-0.05, 0) is 51.7 Å². The number of likely N-dealkylation sites (tertiary alicyclic amines) is 1. The van der Waals surface area contributed by atoms with Gasteiger partial charge in [-0.15, -0.1) is 0 Å². The molecule has 2 heteroatoms. The molecule has 2 fully saturated rings. The first-order valence-electron chi connectivity index (χ1n) is 8.89. The van der Waals surface area contributed by atoms with Crippen LogP contribution < -0.4 is 5.32 Å². The molecule has 112 valence electrons. The molecule has 2 heterocycles. The summed E-state index contributed by atoms with van der Waals surface area (Å²) in [4.78, 5) is 2.79. The Labute approximate surface area is 120 Å². The van der Waals surface area contributed by atoms with Gasteiger partial charge in [-0.25, -0.2) is 0 Å². The first-order chi connectivity index (χ1) is 9.42. The summed E-state index contributed by atoms with van der Waals surface area (Å²) in [6.07, 6.45) is 15.7. The van der Waals surface area contributed by atoms with E-state index in [-0.39, 0.29) is 0 Å². The van der Waals surface area contributed by atoms with Gasteiger partial charge >= 0.3 is 0 Å². The minimum atomic E-state index is 0.812. The Hall–Kier alpha value is -0.0800. The van der Waals surface area contributed by atoms with E-state index in [1.807, 2.05) is 0 Å². The summed E-state index contributed by atoms with van der Waals surface area (Å²) < 4.78 is 0. The first kappa shape index (κ1) is 15.3. The second kappa shape index (κ2) is 8.97. The van der Waals surface area contributed by atoms with Crippen molar-refractivity contribution >= 4 is 0 Å². The predicted octanol–water partition coefficient (Wildman–Crippen LogP) is 3.95. The molecule has 2 saturated heterocycles. The first-order valence-corrected chi connectivity index (χ1v) is 8.89. The highest BCUT2D eigenvalue weighted by molar-refractivity contribution is 4.91. The molecular formula is C17H34N2. The highest BCUT2D eigenvalue weighted by atomic mass is 15.2. The quantitative estimate of drug-likeness (QED) is 0.636. The Morgan fingerprint density at radius 2 is 1.74 bits per heavy atom. The zero-order chi connectivity index (χ0) is 13.3. The summed E-state index contributed by atoms with van der Waals surface area (Å²) in [6.45, 7) is 6.27. The Bertz CT molecular complexity index is 223. The number of hydrogen-bond donors (Lipinski definition) is 1. The van der Waals surface area contributed by atoms with Gasteiger partial charge in [0.05, 0.1) is 0 Å². The Balaban J connectivity index is 1.54. The second-order valence-electron chi connectivity index (χ2n) is 6.57. The van der Waals surface area contributed by atoms with Crippen LogP contribution in [0.15, 0.2) is 0 Å². The van der Waals surface area contributed by atoms with Crippen molar-refractivity contribution in [1.82, 2.24) is 10.2 Å². The Kier molecular flexibility index (Phi) is 7.23. The van der Waals surface area contributed by atoms with E-state index in [0.717, 1.165) is 12.1 Å². The molecule has 0 aromatic rings. The molecule has 0 bridgehead atoms. The highest BCUT2D eigenvalue weighted by Gasteiger charge is 2.32. The summed E-state index contributed by atoms with van der Waals surface area (Å²) in [5.41, 5.74) is 0. The molecule has 0 spiro atoms. The van der Waals surface area contributed by atoms with E-state index >= 15 is 0 Å². The van der Waals surface area contributed by atoms with Gasteiger partial charge in [-0.2, -0.15) is 0 Å². The fourth-order valence-corrected chi connectivity index (χ4v) is 3.90. The molecule has 1 N–H and O–H groups in total. The van der Waals surface area contributed by atoms with Gasteiger partial charge in [-0.1, -0.05) is 45.4 Å². The molecule has 2 aliphatic heterocycles. The smallest absolute Gasteiger partial charge is 0.0249 e. The van der Waals surface area contributed by atoms with Gasteiger partial charge in [-0.3, -0.25) is 4.90 Å². The largest absolute Gasteiger partial charge is 0.312 e. The Morgan fingerprint density at radius 1 is 0.947 bits per heavy atom. The summed E-state index contributed by atoms with van der Waals surface area (Å²) in [5, 5.41) is 3.71. The van der Waals surface area contributed by atoms with E-state index in [2.05, 4.69) is 17.1 Å². The minimum Gasteiger partial charge on any atom is -0.312 e. The zero-order valence-electron chi connectivity index (χ0n) is 13.0. The summed E-state index contributed by atoms with van der Waals surface area (Å²) in [5.74, 6) is 0. The van der Waals surface area contributed by atoms with Crippen molar-refractivity contribution in [2.24, 2.45) is 0 Å². The third-order valence-electron chi connectivity index (χ3n) is 5.03. The summed E-state index contributed by atoms with van der Waals surface area (Å²) in [6, 6.07) is 1.68. The van der Waals surface area contributed by atoms with E-state index in [1.165, 1.54) is 90.3 Å². The van der Waals surface area contributed by atoms with Crippen LogP contribution >= 0.6 is 0 Å². The molecule has 0 aliphatic carbocycles. The van der Waals surface area contributed by atoms with Crippen LogP contribution in [0.4, 0.5) is 0 Å². The SMILES string of the molecule is CCCCCCCCCN1CCCC1C1CCCN1. The third kappa shape index (κ3) is 5.07. The van der Waals surface area contributed by atoms with Crippen LogP contribution in [-0.2, 0) is 0 Å². The molecule has 0 radical (unpaired) electrons. The van der Waals surface area contributed by atoms with Gasteiger partial charge < -0.3 is 5.32 Å². The van der Waals surface area contributed by atoms with E-state index in [4.69, 9.17) is 0 Å². The lowest BCUT2D eigenvalue weighted by atomic mass is 10.0. The van der Waals surface area contributed by atoms with Gasteiger partial charge in [0.2, 0.25) is 0 Å². The van der Waals surface area contributed by atoms with E-state index in [1.54, 1.807) is 0 Å². The highest BCUT2D eigenvalue weighted by Crippen LogP contribution is 2.25. The molecule has 0 saturated carbocycles. The molecule has 19 heavy (non-hydrogen) atoms. The van der Waals surface area contributed by atoms with Crippen molar-refractivity contribution < 1.29 is 0 Å². The molecule has 2 rings (SSSR count). The second-order valence-corrected chi connectivity index (χ2v) is 6.57. The normalized spacial score (nSPS) is 28.3. The Morgan fingerprint density at radius 3 is 2.47 bits per heavy atom. The molecular weight excluding hydrogens is 232 g/mol. The number of rotatable bonds is 9. The van der Waals surface area contributed by atoms with Crippen LogP contribution in [-0.4, -0.2) is 36.6 Å². The van der Waals surface area contributed by atoms with Crippen molar-refractivity contribution in [3.8, 4) is 0 Å². The van der Waals surface area contributed by atoms with Gasteiger partial charge in [0.15, 0.2) is 0 Å². The average Bonchev–Trinajstić information content (AvgIpc) is 3.08. The maximum absolute atomic E-state index is 3.71. The maximum atomic E-state index is 3.71. The molecule has 2 atom stereocenters. The molecule has 0 aromatic carbocycles. The van der Waals surface area contributed by atoms with Crippen molar-refractivity contribution in [2.45, 2.75) is 89.6 Å². The van der Waals surface area contributed by atoms with E-state index < -0.39 is 0 Å². The molecule has 0 aromatic heterocycles. The van der Waals surface area contributed by atoms with Gasteiger partial charge in [0.25, 0.3) is 0 Å². The maximum Gasteiger partial charge on any atom is 0.0249 e. The van der Waals surface area contributed by atoms with E-state index in [0.29, 0.717) is 0 Å². The van der Waals surface area contributed by atoms with Crippen LogP contribution in [0.3, 0.4) is 0 Å². The molecule has 2 nitrogen and oxygen atoms in total. The molecule has 2 aliphatic rings. The monoisotopic (exact) mass is 266 g/mol. The third-order valence-corrected chi connectivity index (χ3v) is 5.03. The van der Waals surface area contributed by atoms with Crippen LogP contribution in [0.2, 0.25) is 0 Å². The average molecular weight is 266 g/mol. The van der Waals surface area contributed by atoms with Crippen molar-refractivity contribution in [3.63, 3.8) is 0 Å².